The highest BCUT2D eigenvalue weighted by atomic mass is 16.5. The number of aromatic nitrogens is 2. The summed E-state index contributed by atoms with van der Waals surface area (Å²) in [6, 6.07) is 1.59. The van der Waals surface area contributed by atoms with E-state index in [4.69, 9.17) is 15.6 Å². The minimum atomic E-state index is -0.162. The van der Waals surface area contributed by atoms with Crippen molar-refractivity contribution in [2.24, 2.45) is 0 Å². The van der Waals surface area contributed by atoms with Crippen LogP contribution in [0.1, 0.15) is 33.0 Å². The van der Waals surface area contributed by atoms with Crippen LogP contribution in [0.4, 0.5) is 5.82 Å². The average Bonchev–Trinajstić information content (AvgIpc) is 2.16. The predicted molar refractivity (Wildman–Crippen MR) is 62.3 cm³/mol. The van der Waals surface area contributed by atoms with Gasteiger partial charge in [0.1, 0.15) is 11.6 Å². The summed E-state index contributed by atoms with van der Waals surface area (Å²) in [7, 11) is 0. The van der Waals surface area contributed by atoms with Gasteiger partial charge in [0, 0.05) is 24.5 Å². The summed E-state index contributed by atoms with van der Waals surface area (Å²) in [5, 5.41) is 8.65. The summed E-state index contributed by atoms with van der Waals surface area (Å²) in [5.41, 5.74) is 5.52. The fourth-order valence-corrected chi connectivity index (χ4v) is 1.09. The van der Waals surface area contributed by atoms with Gasteiger partial charge in [-0.25, -0.2) is 4.98 Å². The molecule has 0 amide bonds. The van der Waals surface area contributed by atoms with E-state index in [1.165, 1.54) is 0 Å². The minimum Gasteiger partial charge on any atom is -0.477 e. The maximum atomic E-state index is 8.65. The zero-order valence-electron chi connectivity index (χ0n) is 10.0. The predicted octanol–water partition coefficient (Wildman–Crippen LogP) is 1.12. The van der Waals surface area contributed by atoms with Crippen molar-refractivity contribution < 1.29 is 9.84 Å². The first kappa shape index (κ1) is 12.7. The Hall–Kier alpha value is -1.36. The summed E-state index contributed by atoms with van der Waals surface area (Å²) in [6.07, 6.45) is 0.578. The van der Waals surface area contributed by atoms with Crippen molar-refractivity contribution in [1.82, 2.24) is 9.97 Å². The molecule has 90 valence electrons. The van der Waals surface area contributed by atoms with E-state index in [2.05, 4.69) is 9.97 Å². The summed E-state index contributed by atoms with van der Waals surface area (Å²) >= 11 is 0. The van der Waals surface area contributed by atoms with E-state index in [9.17, 15) is 0 Å². The first-order valence-electron chi connectivity index (χ1n) is 5.32. The van der Waals surface area contributed by atoms with Crippen LogP contribution >= 0.6 is 0 Å². The number of nitrogens with zero attached hydrogens (tertiary/aromatic N) is 2. The minimum absolute atomic E-state index is 0.104. The molecule has 0 fully saturated rings. The third-order valence-corrected chi connectivity index (χ3v) is 1.95. The molecule has 1 rings (SSSR count). The van der Waals surface area contributed by atoms with Crippen molar-refractivity contribution in [3.63, 3.8) is 0 Å². The van der Waals surface area contributed by atoms with Crippen LogP contribution < -0.4 is 10.5 Å². The molecular formula is C11H19N3O2. The molecule has 0 aliphatic rings. The van der Waals surface area contributed by atoms with Gasteiger partial charge in [0.2, 0.25) is 5.88 Å². The number of rotatable bonds is 4. The average molecular weight is 225 g/mol. The van der Waals surface area contributed by atoms with Gasteiger partial charge in [0.25, 0.3) is 0 Å². The Labute approximate surface area is 95.7 Å². The molecule has 16 heavy (non-hydrogen) atoms. The van der Waals surface area contributed by atoms with Gasteiger partial charge in [-0.2, -0.15) is 4.98 Å². The van der Waals surface area contributed by atoms with Gasteiger partial charge in [-0.15, -0.1) is 0 Å². The number of hydrogen-bond acceptors (Lipinski definition) is 5. The topological polar surface area (TPSA) is 81.3 Å². The van der Waals surface area contributed by atoms with Gasteiger partial charge in [0.05, 0.1) is 6.61 Å². The van der Waals surface area contributed by atoms with E-state index >= 15 is 0 Å². The SMILES string of the molecule is CC(C)(C)c1nc(N)cc(OCCCO)n1. The monoisotopic (exact) mass is 225 g/mol. The molecule has 0 aliphatic carbocycles. The molecule has 0 atom stereocenters. The lowest BCUT2D eigenvalue weighted by molar-refractivity contribution is 0.228. The van der Waals surface area contributed by atoms with Gasteiger partial charge in [-0.3, -0.25) is 0 Å². The number of hydrogen-bond donors (Lipinski definition) is 2. The maximum absolute atomic E-state index is 8.65. The van der Waals surface area contributed by atoms with Crippen LogP contribution in [0, 0.1) is 0 Å². The Kier molecular flexibility index (Phi) is 4.06. The molecule has 0 unspecified atom stereocenters. The second-order valence-corrected chi connectivity index (χ2v) is 4.63. The lowest BCUT2D eigenvalue weighted by atomic mass is 9.96. The normalized spacial score (nSPS) is 11.5. The Morgan fingerprint density at radius 1 is 1.38 bits per heavy atom. The van der Waals surface area contributed by atoms with E-state index in [0.717, 1.165) is 0 Å². The van der Waals surface area contributed by atoms with E-state index in [1.54, 1.807) is 6.07 Å². The van der Waals surface area contributed by atoms with Crippen molar-refractivity contribution in [1.29, 1.82) is 0 Å². The molecule has 0 aliphatic heterocycles. The second kappa shape index (κ2) is 5.12. The highest BCUT2D eigenvalue weighted by molar-refractivity contribution is 5.34. The summed E-state index contributed by atoms with van der Waals surface area (Å²) in [4.78, 5) is 8.45. The molecule has 0 spiro atoms. The zero-order valence-corrected chi connectivity index (χ0v) is 10.0. The van der Waals surface area contributed by atoms with Crippen molar-refractivity contribution in [2.45, 2.75) is 32.6 Å². The quantitative estimate of drug-likeness (QED) is 0.750. The molecule has 1 aromatic rings. The van der Waals surface area contributed by atoms with Gasteiger partial charge >= 0.3 is 0 Å². The molecular weight excluding hydrogens is 206 g/mol. The van der Waals surface area contributed by atoms with E-state index in [-0.39, 0.29) is 12.0 Å². The van der Waals surface area contributed by atoms with Gasteiger partial charge in [0.15, 0.2) is 0 Å². The van der Waals surface area contributed by atoms with Crippen molar-refractivity contribution >= 4 is 5.82 Å². The Morgan fingerprint density at radius 3 is 2.62 bits per heavy atom. The van der Waals surface area contributed by atoms with E-state index in [1.807, 2.05) is 20.8 Å². The van der Waals surface area contributed by atoms with Crippen molar-refractivity contribution in [3.8, 4) is 5.88 Å². The largest absolute Gasteiger partial charge is 0.477 e. The molecule has 0 radical (unpaired) electrons. The highest BCUT2D eigenvalue weighted by Gasteiger charge is 2.18. The van der Waals surface area contributed by atoms with Crippen LogP contribution in [0.5, 0.6) is 5.88 Å². The number of nitrogens with two attached hydrogens (primary N) is 1. The molecule has 0 saturated heterocycles. The Bertz CT molecular complexity index is 348. The second-order valence-electron chi connectivity index (χ2n) is 4.63. The fourth-order valence-electron chi connectivity index (χ4n) is 1.09. The first-order valence-corrected chi connectivity index (χ1v) is 5.32. The van der Waals surface area contributed by atoms with Crippen molar-refractivity contribution in [2.75, 3.05) is 18.9 Å². The summed E-state index contributed by atoms with van der Waals surface area (Å²) < 4.78 is 5.37. The Morgan fingerprint density at radius 2 is 2.06 bits per heavy atom. The molecule has 0 bridgehead atoms. The highest BCUT2D eigenvalue weighted by Crippen LogP contribution is 2.22. The lowest BCUT2D eigenvalue weighted by Crippen LogP contribution is -2.17. The van der Waals surface area contributed by atoms with Crippen LogP contribution in [0.2, 0.25) is 0 Å². The van der Waals surface area contributed by atoms with Crippen LogP contribution in [0.3, 0.4) is 0 Å². The van der Waals surface area contributed by atoms with Gasteiger partial charge < -0.3 is 15.6 Å². The summed E-state index contributed by atoms with van der Waals surface area (Å²) in [6.45, 7) is 6.57. The third-order valence-electron chi connectivity index (χ3n) is 1.95. The zero-order chi connectivity index (χ0) is 12.2. The van der Waals surface area contributed by atoms with Crippen LogP contribution in [-0.4, -0.2) is 28.3 Å². The number of aliphatic hydroxyl groups excluding tert-OH is 1. The standard InChI is InChI=1S/C11H19N3O2/c1-11(2,3)10-13-8(12)7-9(14-10)16-6-4-5-15/h7,15H,4-6H2,1-3H3,(H2,12,13,14). The number of aliphatic hydroxyl groups is 1. The molecule has 3 N–H and O–H groups in total. The number of ether oxygens (including phenoxy) is 1. The van der Waals surface area contributed by atoms with Gasteiger partial charge in [-0.05, 0) is 0 Å². The number of anilines is 1. The third kappa shape index (κ3) is 3.66. The summed E-state index contributed by atoms with van der Waals surface area (Å²) in [5.74, 6) is 1.52. The molecule has 0 aromatic carbocycles. The maximum Gasteiger partial charge on any atom is 0.218 e. The van der Waals surface area contributed by atoms with Crippen LogP contribution in [0.25, 0.3) is 0 Å². The van der Waals surface area contributed by atoms with Crippen molar-refractivity contribution in [3.05, 3.63) is 11.9 Å². The molecule has 5 heteroatoms. The van der Waals surface area contributed by atoms with E-state index in [0.29, 0.717) is 30.5 Å². The lowest BCUT2D eigenvalue weighted by Gasteiger charge is -2.17. The fraction of sp³-hybridized carbons (Fsp3) is 0.636. The Balaban J connectivity index is 2.82. The molecule has 5 nitrogen and oxygen atoms in total. The smallest absolute Gasteiger partial charge is 0.218 e. The van der Waals surface area contributed by atoms with Crippen LogP contribution in [-0.2, 0) is 5.41 Å². The number of nitrogen functional groups attached to an aromatic ring is 1. The molecule has 1 aromatic heterocycles. The molecule has 1 heterocycles. The van der Waals surface area contributed by atoms with Gasteiger partial charge in [-0.1, -0.05) is 20.8 Å². The van der Waals surface area contributed by atoms with E-state index < -0.39 is 0 Å². The first-order chi connectivity index (χ1) is 7.43. The van der Waals surface area contributed by atoms with Crippen LogP contribution in [0.15, 0.2) is 6.07 Å². The molecule has 0 saturated carbocycles.